The van der Waals surface area contributed by atoms with Crippen molar-refractivity contribution in [3.8, 4) is 11.3 Å². The van der Waals surface area contributed by atoms with Crippen molar-refractivity contribution in [2.45, 2.75) is 12.8 Å². The van der Waals surface area contributed by atoms with Crippen LogP contribution in [0.3, 0.4) is 0 Å². The molecule has 2 aromatic carbocycles. The molecular formula is C21H16N4O2. The van der Waals surface area contributed by atoms with Gasteiger partial charge in [0.1, 0.15) is 0 Å². The molecule has 0 unspecified atom stereocenters. The van der Waals surface area contributed by atoms with Crippen molar-refractivity contribution in [2.75, 3.05) is 5.32 Å². The zero-order chi connectivity index (χ0) is 18.4. The van der Waals surface area contributed by atoms with Crippen LogP contribution in [0.15, 0.2) is 65.7 Å². The number of rotatable bonds is 3. The lowest BCUT2D eigenvalue weighted by Gasteiger charge is -2.10. The summed E-state index contributed by atoms with van der Waals surface area (Å²) in [6.07, 6.45) is 4.36. The summed E-state index contributed by atoms with van der Waals surface area (Å²) in [7, 11) is 0. The lowest BCUT2D eigenvalue weighted by Crippen LogP contribution is -2.15. The Morgan fingerprint density at radius 3 is 2.85 bits per heavy atom. The van der Waals surface area contributed by atoms with Gasteiger partial charge in [0.25, 0.3) is 5.56 Å². The molecule has 0 saturated heterocycles. The number of anilines is 1. The molecule has 4 aromatic rings. The second-order valence-corrected chi connectivity index (χ2v) is 6.62. The monoisotopic (exact) mass is 356 g/mol. The van der Waals surface area contributed by atoms with Gasteiger partial charge in [0, 0.05) is 30.1 Å². The van der Waals surface area contributed by atoms with Gasteiger partial charge in [0.2, 0.25) is 11.6 Å². The maximum atomic E-state index is 12.5. The molecule has 27 heavy (non-hydrogen) atoms. The summed E-state index contributed by atoms with van der Waals surface area (Å²) in [6.45, 7) is 0. The van der Waals surface area contributed by atoms with Gasteiger partial charge < -0.3 is 10.3 Å². The van der Waals surface area contributed by atoms with E-state index in [2.05, 4.69) is 15.3 Å². The summed E-state index contributed by atoms with van der Waals surface area (Å²) >= 11 is 0. The Labute approximate surface area is 154 Å². The summed E-state index contributed by atoms with van der Waals surface area (Å²) < 4.78 is 1.82. The van der Waals surface area contributed by atoms with Gasteiger partial charge in [-0.2, -0.15) is 0 Å². The van der Waals surface area contributed by atoms with Gasteiger partial charge >= 0.3 is 0 Å². The molecule has 1 aliphatic carbocycles. The highest BCUT2D eigenvalue weighted by Crippen LogP contribution is 2.38. The number of nitrogens with zero attached hydrogens (tertiary/aromatic N) is 2. The second-order valence-electron chi connectivity index (χ2n) is 6.62. The minimum absolute atomic E-state index is 0.0631. The molecule has 0 bridgehead atoms. The number of fused-ring (bicyclic) bond motifs is 5. The maximum Gasteiger partial charge on any atom is 0.292 e. The highest BCUT2D eigenvalue weighted by atomic mass is 16.1. The van der Waals surface area contributed by atoms with Crippen LogP contribution in [0.5, 0.6) is 0 Å². The lowest BCUT2D eigenvalue weighted by molar-refractivity contribution is -0.115. The Morgan fingerprint density at radius 2 is 2.00 bits per heavy atom. The number of benzene rings is 2. The minimum atomic E-state index is -0.217. The third-order valence-corrected chi connectivity index (χ3v) is 4.93. The Balaban J connectivity index is 1.51. The number of amides is 1. The predicted molar refractivity (Wildman–Crippen MR) is 103 cm³/mol. The highest BCUT2D eigenvalue weighted by molar-refractivity contribution is 5.95. The molecule has 0 spiro atoms. The van der Waals surface area contributed by atoms with Crippen molar-refractivity contribution in [2.24, 2.45) is 0 Å². The van der Waals surface area contributed by atoms with Crippen LogP contribution < -0.4 is 10.9 Å². The zero-order valence-corrected chi connectivity index (χ0v) is 14.4. The molecule has 5 rings (SSSR count). The van der Waals surface area contributed by atoms with E-state index in [-0.39, 0.29) is 11.5 Å². The Bertz CT molecular complexity index is 1240. The number of hydrogen-bond donors (Lipinski definition) is 2. The van der Waals surface area contributed by atoms with Crippen LogP contribution in [0.25, 0.3) is 16.9 Å². The quantitative estimate of drug-likeness (QED) is 0.522. The first-order valence-electron chi connectivity index (χ1n) is 8.75. The molecule has 2 heterocycles. The number of nitrogens with one attached hydrogen (secondary N) is 2. The molecule has 0 aliphatic heterocycles. The van der Waals surface area contributed by atoms with E-state index < -0.39 is 0 Å². The van der Waals surface area contributed by atoms with Gasteiger partial charge in [-0.05, 0) is 17.2 Å². The summed E-state index contributed by atoms with van der Waals surface area (Å²) in [5.41, 5.74) is 5.62. The first-order chi connectivity index (χ1) is 13.2. The molecule has 1 aliphatic rings. The van der Waals surface area contributed by atoms with E-state index in [0.29, 0.717) is 18.5 Å². The SMILES string of the molecule is O=C(Cc1ccccc1)Nc1cccc2c1Cc1c-2[nH]c(=O)c2nccn12. The number of aromatic amines is 1. The van der Waals surface area contributed by atoms with Gasteiger partial charge in [-0.25, -0.2) is 4.98 Å². The summed E-state index contributed by atoms with van der Waals surface area (Å²) in [4.78, 5) is 31.8. The number of aromatic nitrogens is 3. The van der Waals surface area contributed by atoms with Crippen molar-refractivity contribution >= 4 is 17.2 Å². The smallest absolute Gasteiger partial charge is 0.292 e. The molecular weight excluding hydrogens is 340 g/mol. The highest BCUT2D eigenvalue weighted by Gasteiger charge is 2.25. The molecule has 6 heteroatoms. The number of carbonyl (C=O) groups excluding carboxylic acids is 1. The van der Waals surface area contributed by atoms with Gasteiger partial charge in [0.05, 0.1) is 17.8 Å². The average Bonchev–Trinajstić information content (AvgIpc) is 3.29. The number of carbonyl (C=O) groups is 1. The van der Waals surface area contributed by atoms with Crippen molar-refractivity contribution in [1.29, 1.82) is 0 Å². The molecule has 2 N–H and O–H groups in total. The fraction of sp³-hybridized carbons (Fsp3) is 0.0952. The topological polar surface area (TPSA) is 79.3 Å². The minimum Gasteiger partial charge on any atom is -0.326 e. The van der Waals surface area contributed by atoms with E-state index in [0.717, 1.165) is 33.8 Å². The number of imidazole rings is 1. The van der Waals surface area contributed by atoms with Gasteiger partial charge in [0.15, 0.2) is 0 Å². The van der Waals surface area contributed by atoms with Gasteiger partial charge in [-0.15, -0.1) is 0 Å². The van der Waals surface area contributed by atoms with E-state index in [1.165, 1.54) is 0 Å². The van der Waals surface area contributed by atoms with Crippen LogP contribution in [0.2, 0.25) is 0 Å². The fourth-order valence-electron chi connectivity index (χ4n) is 3.72. The third-order valence-electron chi connectivity index (χ3n) is 4.93. The first kappa shape index (κ1) is 15.6. The van der Waals surface area contributed by atoms with Crippen LogP contribution in [-0.2, 0) is 17.6 Å². The van der Waals surface area contributed by atoms with E-state index in [4.69, 9.17) is 0 Å². The molecule has 132 valence electrons. The maximum absolute atomic E-state index is 12.5. The van der Waals surface area contributed by atoms with Crippen LogP contribution in [0.4, 0.5) is 5.69 Å². The molecule has 1 amide bonds. The molecule has 0 radical (unpaired) electrons. The van der Waals surface area contributed by atoms with Crippen molar-refractivity contribution < 1.29 is 4.79 Å². The Kier molecular flexibility index (Phi) is 3.43. The van der Waals surface area contributed by atoms with E-state index in [9.17, 15) is 9.59 Å². The zero-order valence-electron chi connectivity index (χ0n) is 14.4. The van der Waals surface area contributed by atoms with Crippen molar-refractivity contribution in [3.63, 3.8) is 0 Å². The molecule has 0 fully saturated rings. The normalized spacial score (nSPS) is 12.0. The molecule has 0 atom stereocenters. The Morgan fingerprint density at radius 1 is 1.15 bits per heavy atom. The standard InChI is InChI=1S/C21H16N4O2/c26-18(11-13-5-2-1-3-6-13)23-16-8-4-7-14-15(16)12-17-19(14)24-21(27)20-22-9-10-25(17)20/h1-10H,11-12H2,(H,23,26)(H,24,27). The average molecular weight is 356 g/mol. The summed E-state index contributed by atoms with van der Waals surface area (Å²) in [5, 5.41) is 3.03. The first-order valence-corrected chi connectivity index (χ1v) is 8.75. The number of H-pyrrole nitrogens is 1. The molecule has 0 saturated carbocycles. The summed E-state index contributed by atoms with van der Waals surface area (Å²) in [5.74, 6) is -0.0631. The lowest BCUT2D eigenvalue weighted by atomic mass is 10.1. The van der Waals surface area contributed by atoms with Crippen molar-refractivity contribution in [1.82, 2.24) is 14.4 Å². The Hall–Kier alpha value is -3.67. The van der Waals surface area contributed by atoms with E-state index in [1.807, 2.05) is 52.9 Å². The van der Waals surface area contributed by atoms with Crippen LogP contribution in [0.1, 0.15) is 16.8 Å². The largest absolute Gasteiger partial charge is 0.326 e. The van der Waals surface area contributed by atoms with E-state index >= 15 is 0 Å². The van der Waals surface area contributed by atoms with Crippen molar-refractivity contribution in [3.05, 3.63) is 88.1 Å². The molecule has 2 aromatic heterocycles. The number of hydrogen-bond acceptors (Lipinski definition) is 3. The van der Waals surface area contributed by atoms with Gasteiger partial charge in [-0.3, -0.25) is 14.0 Å². The third kappa shape index (κ3) is 2.54. The van der Waals surface area contributed by atoms with Crippen LogP contribution in [0, 0.1) is 0 Å². The van der Waals surface area contributed by atoms with Crippen LogP contribution >= 0.6 is 0 Å². The summed E-state index contributed by atoms with van der Waals surface area (Å²) in [6, 6.07) is 15.4. The van der Waals surface area contributed by atoms with Crippen LogP contribution in [-0.4, -0.2) is 20.3 Å². The molecule has 6 nitrogen and oxygen atoms in total. The fourth-order valence-corrected chi connectivity index (χ4v) is 3.72. The second kappa shape index (κ2) is 5.95. The van der Waals surface area contributed by atoms with E-state index in [1.54, 1.807) is 12.4 Å². The van der Waals surface area contributed by atoms with Gasteiger partial charge in [-0.1, -0.05) is 42.5 Å². The predicted octanol–water partition coefficient (Wildman–Crippen LogP) is 2.78.